The first-order valence-electron chi connectivity index (χ1n) is 6.09. The highest BCUT2D eigenvalue weighted by atomic mass is 35.5. The minimum Gasteiger partial charge on any atom is -0.338 e. The lowest BCUT2D eigenvalue weighted by atomic mass is 9.90. The molecule has 0 aliphatic carbocycles. The second-order valence-corrected chi connectivity index (χ2v) is 5.85. The minimum absolute atomic E-state index is 0.0819. The maximum Gasteiger partial charge on any atom is 0.234 e. The summed E-state index contributed by atoms with van der Waals surface area (Å²) in [6.45, 7) is 3.95. The Bertz CT molecular complexity index is 606. The van der Waals surface area contributed by atoms with Crippen LogP contribution in [0.5, 0.6) is 0 Å². The number of rotatable bonds is 2. The van der Waals surface area contributed by atoms with Crippen LogP contribution < -0.4 is 5.32 Å². The molecule has 2 heterocycles. The van der Waals surface area contributed by atoms with Crippen molar-refractivity contribution in [3.05, 3.63) is 34.1 Å². The van der Waals surface area contributed by atoms with Gasteiger partial charge in [-0.2, -0.15) is 4.98 Å². The van der Waals surface area contributed by atoms with Gasteiger partial charge in [-0.25, -0.2) is 0 Å². The van der Waals surface area contributed by atoms with E-state index in [4.69, 9.17) is 27.7 Å². The molecule has 0 spiro atoms. The zero-order valence-corrected chi connectivity index (χ0v) is 11.9. The van der Waals surface area contributed by atoms with Crippen molar-refractivity contribution in [1.29, 1.82) is 0 Å². The quantitative estimate of drug-likeness (QED) is 0.924. The van der Waals surface area contributed by atoms with Crippen molar-refractivity contribution in [2.45, 2.75) is 18.8 Å². The Kier molecular flexibility index (Phi) is 3.25. The zero-order valence-electron chi connectivity index (χ0n) is 10.4. The molecule has 0 saturated carbocycles. The third-order valence-electron chi connectivity index (χ3n) is 3.49. The van der Waals surface area contributed by atoms with E-state index in [1.165, 1.54) is 0 Å². The summed E-state index contributed by atoms with van der Waals surface area (Å²) in [7, 11) is 0. The normalized spacial score (nSPS) is 22.9. The van der Waals surface area contributed by atoms with Gasteiger partial charge in [-0.3, -0.25) is 0 Å². The third kappa shape index (κ3) is 2.36. The molecule has 19 heavy (non-hydrogen) atoms. The Morgan fingerprint density at radius 2 is 2.16 bits per heavy atom. The lowest BCUT2D eigenvalue weighted by molar-refractivity contribution is 0.306. The molecular weight excluding hydrogens is 285 g/mol. The van der Waals surface area contributed by atoms with Gasteiger partial charge in [-0.1, -0.05) is 28.4 Å². The average molecular weight is 298 g/mol. The van der Waals surface area contributed by atoms with E-state index >= 15 is 0 Å². The molecule has 1 aromatic heterocycles. The first-order valence-corrected chi connectivity index (χ1v) is 6.84. The summed E-state index contributed by atoms with van der Waals surface area (Å²) in [5.74, 6) is 1.21. The molecule has 1 fully saturated rings. The summed E-state index contributed by atoms with van der Waals surface area (Å²) in [5.41, 5.74) is 0.723. The van der Waals surface area contributed by atoms with Crippen molar-refractivity contribution in [3.8, 4) is 11.4 Å². The second kappa shape index (κ2) is 4.78. The lowest BCUT2D eigenvalue weighted by Gasteiger charge is -2.15. The number of nitrogens with one attached hydrogen (secondary N) is 1. The Labute approximate surface area is 121 Å². The molecule has 1 saturated heterocycles. The van der Waals surface area contributed by atoms with Gasteiger partial charge in [0.05, 0.1) is 15.5 Å². The fraction of sp³-hybridized carbons (Fsp3) is 0.385. The SMILES string of the molecule is CC1(c2nc(-c3ccc(Cl)c(Cl)c3)no2)CCNC1. The van der Waals surface area contributed by atoms with Crippen molar-refractivity contribution in [2.24, 2.45) is 0 Å². The lowest BCUT2D eigenvalue weighted by Crippen LogP contribution is -2.25. The van der Waals surface area contributed by atoms with Gasteiger partial charge in [0.15, 0.2) is 0 Å². The Morgan fingerprint density at radius 3 is 2.84 bits per heavy atom. The van der Waals surface area contributed by atoms with Crippen LogP contribution in [0.25, 0.3) is 11.4 Å². The fourth-order valence-electron chi connectivity index (χ4n) is 2.22. The predicted molar refractivity (Wildman–Crippen MR) is 74.6 cm³/mol. The molecule has 1 aromatic carbocycles. The van der Waals surface area contributed by atoms with Crippen LogP contribution in [0.3, 0.4) is 0 Å². The molecule has 4 nitrogen and oxygen atoms in total. The van der Waals surface area contributed by atoms with E-state index < -0.39 is 0 Å². The summed E-state index contributed by atoms with van der Waals surface area (Å²) < 4.78 is 5.40. The van der Waals surface area contributed by atoms with Gasteiger partial charge >= 0.3 is 0 Å². The Hall–Kier alpha value is -1.10. The van der Waals surface area contributed by atoms with Gasteiger partial charge in [0, 0.05) is 12.1 Å². The first-order chi connectivity index (χ1) is 9.08. The molecule has 1 N–H and O–H groups in total. The van der Waals surface area contributed by atoms with E-state index in [0.717, 1.165) is 25.1 Å². The molecule has 0 bridgehead atoms. The molecule has 3 rings (SSSR count). The number of benzene rings is 1. The number of aromatic nitrogens is 2. The number of nitrogens with zero attached hydrogens (tertiary/aromatic N) is 2. The summed E-state index contributed by atoms with van der Waals surface area (Å²) in [4.78, 5) is 4.49. The Morgan fingerprint density at radius 1 is 1.32 bits per heavy atom. The topological polar surface area (TPSA) is 51.0 Å². The summed E-state index contributed by atoms with van der Waals surface area (Å²) in [6, 6.07) is 5.31. The van der Waals surface area contributed by atoms with Crippen molar-refractivity contribution in [1.82, 2.24) is 15.5 Å². The van der Waals surface area contributed by atoms with Crippen LogP contribution in [0.2, 0.25) is 10.0 Å². The molecule has 6 heteroatoms. The van der Waals surface area contributed by atoms with Crippen molar-refractivity contribution >= 4 is 23.2 Å². The number of hydrogen-bond acceptors (Lipinski definition) is 4. The molecule has 0 amide bonds. The molecule has 100 valence electrons. The molecule has 1 aliphatic heterocycles. The average Bonchev–Trinajstić information content (AvgIpc) is 3.02. The summed E-state index contributed by atoms with van der Waals surface area (Å²) in [5, 5.41) is 8.34. The van der Waals surface area contributed by atoms with E-state index in [9.17, 15) is 0 Å². The van der Waals surface area contributed by atoms with Crippen molar-refractivity contribution in [2.75, 3.05) is 13.1 Å². The van der Waals surface area contributed by atoms with Gasteiger partial charge in [0.2, 0.25) is 11.7 Å². The van der Waals surface area contributed by atoms with Crippen LogP contribution in [0.1, 0.15) is 19.2 Å². The van der Waals surface area contributed by atoms with E-state index in [1.807, 2.05) is 6.07 Å². The maximum atomic E-state index is 6.00. The Balaban J connectivity index is 1.94. The third-order valence-corrected chi connectivity index (χ3v) is 4.23. The van der Waals surface area contributed by atoms with Crippen molar-refractivity contribution < 1.29 is 4.52 Å². The highest BCUT2D eigenvalue weighted by molar-refractivity contribution is 6.42. The number of hydrogen-bond donors (Lipinski definition) is 1. The van der Waals surface area contributed by atoms with Crippen LogP contribution in [-0.4, -0.2) is 23.2 Å². The summed E-state index contributed by atoms with van der Waals surface area (Å²) in [6.07, 6.45) is 0.996. The fourth-order valence-corrected chi connectivity index (χ4v) is 2.52. The molecular formula is C13H13Cl2N3O. The van der Waals surface area contributed by atoms with Crippen LogP contribution in [0, 0.1) is 0 Å². The highest BCUT2D eigenvalue weighted by Gasteiger charge is 2.36. The van der Waals surface area contributed by atoms with Crippen LogP contribution in [0.4, 0.5) is 0 Å². The van der Waals surface area contributed by atoms with Gasteiger partial charge in [0.1, 0.15) is 0 Å². The highest BCUT2D eigenvalue weighted by Crippen LogP contribution is 2.31. The smallest absolute Gasteiger partial charge is 0.234 e. The molecule has 0 radical (unpaired) electrons. The first kappa shape index (κ1) is 12.9. The van der Waals surface area contributed by atoms with E-state index in [0.29, 0.717) is 21.8 Å². The van der Waals surface area contributed by atoms with Crippen LogP contribution in [-0.2, 0) is 5.41 Å². The molecule has 1 atom stereocenters. The van der Waals surface area contributed by atoms with E-state index in [2.05, 4.69) is 22.4 Å². The predicted octanol–water partition coefficient (Wildman–Crippen LogP) is 3.29. The molecule has 1 aliphatic rings. The van der Waals surface area contributed by atoms with Gasteiger partial charge in [-0.15, -0.1) is 0 Å². The monoisotopic (exact) mass is 297 g/mol. The number of halogens is 2. The van der Waals surface area contributed by atoms with E-state index in [-0.39, 0.29) is 5.41 Å². The van der Waals surface area contributed by atoms with Crippen molar-refractivity contribution in [3.63, 3.8) is 0 Å². The van der Waals surface area contributed by atoms with Gasteiger partial charge in [0.25, 0.3) is 0 Å². The largest absolute Gasteiger partial charge is 0.338 e. The van der Waals surface area contributed by atoms with Crippen LogP contribution in [0.15, 0.2) is 22.7 Å². The van der Waals surface area contributed by atoms with Gasteiger partial charge < -0.3 is 9.84 Å². The minimum atomic E-state index is -0.0819. The molecule has 2 aromatic rings. The second-order valence-electron chi connectivity index (χ2n) is 5.04. The van der Waals surface area contributed by atoms with E-state index in [1.54, 1.807) is 12.1 Å². The standard InChI is InChI=1S/C13H13Cl2N3O/c1-13(4-5-16-7-13)12-17-11(18-19-12)8-2-3-9(14)10(15)6-8/h2-3,6,16H,4-5,7H2,1H3. The zero-order chi connectivity index (χ0) is 13.5. The maximum absolute atomic E-state index is 6.00. The van der Waals surface area contributed by atoms with Gasteiger partial charge in [-0.05, 0) is 38.1 Å². The molecule has 1 unspecified atom stereocenters. The summed E-state index contributed by atoms with van der Waals surface area (Å²) >= 11 is 11.9. The van der Waals surface area contributed by atoms with Crippen LogP contribution >= 0.6 is 23.2 Å².